The molecule has 2 saturated heterocycles. The number of esters is 1. The van der Waals surface area contributed by atoms with Crippen molar-refractivity contribution in [3.05, 3.63) is 53.1 Å². The smallest absolute Gasteiger partial charge is 0.338 e. The number of aromatic nitrogens is 2. The highest BCUT2D eigenvalue weighted by molar-refractivity contribution is 5.99. The number of likely N-dealkylation sites (tertiary alicyclic amines) is 1. The highest BCUT2D eigenvalue weighted by Gasteiger charge is 2.48. The van der Waals surface area contributed by atoms with E-state index in [1.54, 1.807) is 12.4 Å². The molecule has 5 rings (SSSR count). The molecule has 0 bridgehead atoms. The van der Waals surface area contributed by atoms with E-state index < -0.39 is 0 Å². The van der Waals surface area contributed by atoms with Crippen LogP contribution in [-0.2, 0) is 22.6 Å². The van der Waals surface area contributed by atoms with Gasteiger partial charge in [-0.1, -0.05) is 6.07 Å². The van der Waals surface area contributed by atoms with Crippen LogP contribution in [0.5, 0.6) is 0 Å². The molecule has 1 aromatic carbocycles. The molecule has 0 radical (unpaired) electrons. The fourth-order valence-corrected chi connectivity index (χ4v) is 5.11. The fourth-order valence-electron chi connectivity index (χ4n) is 5.11. The summed E-state index contributed by atoms with van der Waals surface area (Å²) in [4.78, 5) is 37.3. The minimum Gasteiger partial charge on any atom is -0.457 e. The van der Waals surface area contributed by atoms with Gasteiger partial charge in [0.1, 0.15) is 12.9 Å². The van der Waals surface area contributed by atoms with Crippen LogP contribution in [0.3, 0.4) is 0 Å². The van der Waals surface area contributed by atoms with E-state index in [9.17, 15) is 9.59 Å². The Bertz CT molecular complexity index is 983. The zero-order valence-electron chi connectivity index (χ0n) is 17.3. The number of cyclic esters (lactones) is 1. The summed E-state index contributed by atoms with van der Waals surface area (Å²) < 4.78 is 5.16. The number of ether oxygens (including phenoxy) is 1. The Hall–Kier alpha value is -2.80. The minimum atomic E-state index is -0.229. The summed E-state index contributed by atoms with van der Waals surface area (Å²) >= 11 is 0. The van der Waals surface area contributed by atoms with Crippen LogP contribution in [0.2, 0.25) is 0 Å². The highest BCUT2D eigenvalue weighted by Crippen LogP contribution is 2.42. The lowest BCUT2D eigenvalue weighted by molar-refractivity contribution is -0.128. The number of carbonyl (C=O) groups excluding carboxylic acids is 2. The second-order valence-electron chi connectivity index (χ2n) is 8.63. The molecule has 3 aliphatic rings. The van der Waals surface area contributed by atoms with E-state index in [2.05, 4.69) is 27.9 Å². The summed E-state index contributed by atoms with van der Waals surface area (Å²) in [6.45, 7) is 6.08. The van der Waals surface area contributed by atoms with Gasteiger partial charge in [-0.05, 0) is 62.9 Å². The number of fused-ring (bicyclic) bond motifs is 1. The van der Waals surface area contributed by atoms with Crippen molar-refractivity contribution in [1.82, 2.24) is 14.9 Å². The molecule has 0 atom stereocenters. The van der Waals surface area contributed by atoms with E-state index in [0.717, 1.165) is 63.1 Å². The first-order chi connectivity index (χ1) is 14.6. The molecule has 0 N–H and O–H groups in total. The fraction of sp³-hybridized carbons (Fsp3) is 0.478. The Balaban J connectivity index is 1.19. The molecule has 4 heterocycles. The quantitative estimate of drug-likeness (QED) is 0.727. The summed E-state index contributed by atoms with van der Waals surface area (Å²) in [6, 6.07) is 3.96. The van der Waals surface area contributed by atoms with Gasteiger partial charge < -0.3 is 14.5 Å². The molecule has 1 aromatic heterocycles. The Morgan fingerprint density at radius 2 is 1.80 bits per heavy atom. The summed E-state index contributed by atoms with van der Waals surface area (Å²) in [5, 5.41) is 0. The van der Waals surface area contributed by atoms with Gasteiger partial charge in [0, 0.05) is 18.7 Å². The number of piperidine rings is 1. The Morgan fingerprint density at radius 3 is 2.57 bits per heavy atom. The van der Waals surface area contributed by atoms with Crippen molar-refractivity contribution in [3.63, 3.8) is 0 Å². The summed E-state index contributed by atoms with van der Waals surface area (Å²) in [5.41, 5.74) is 4.78. The van der Waals surface area contributed by atoms with Crippen LogP contribution in [0.25, 0.3) is 0 Å². The van der Waals surface area contributed by atoms with Crippen molar-refractivity contribution in [2.45, 2.75) is 39.2 Å². The number of rotatable bonds is 4. The van der Waals surface area contributed by atoms with Gasteiger partial charge in [0.25, 0.3) is 0 Å². The van der Waals surface area contributed by atoms with Crippen LogP contribution in [0, 0.1) is 12.3 Å². The molecule has 2 fully saturated rings. The third-order valence-corrected chi connectivity index (χ3v) is 7.16. The van der Waals surface area contributed by atoms with Crippen molar-refractivity contribution >= 4 is 17.6 Å². The largest absolute Gasteiger partial charge is 0.457 e. The zero-order chi connectivity index (χ0) is 20.7. The van der Waals surface area contributed by atoms with Gasteiger partial charge in [0.05, 0.1) is 29.1 Å². The maximum atomic E-state index is 13.2. The average Bonchev–Trinajstić information content (AvgIpc) is 3.31. The lowest BCUT2D eigenvalue weighted by Crippen LogP contribution is -2.45. The normalized spacial score (nSPS) is 20.6. The van der Waals surface area contributed by atoms with Gasteiger partial charge in [0.15, 0.2) is 0 Å². The first-order valence-electron chi connectivity index (χ1n) is 10.7. The molecule has 156 valence electrons. The highest BCUT2D eigenvalue weighted by atomic mass is 16.5. The maximum absolute atomic E-state index is 13.2. The van der Waals surface area contributed by atoms with Crippen molar-refractivity contribution in [2.24, 2.45) is 5.41 Å². The van der Waals surface area contributed by atoms with Crippen LogP contribution in [-0.4, -0.2) is 52.9 Å². The summed E-state index contributed by atoms with van der Waals surface area (Å²) in [7, 11) is 0. The van der Waals surface area contributed by atoms with Crippen molar-refractivity contribution < 1.29 is 14.3 Å². The Kier molecular flexibility index (Phi) is 4.77. The molecule has 1 spiro atoms. The first kappa shape index (κ1) is 19.2. The van der Waals surface area contributed by atoms with Gasteiger partial charge in [-0.3, -0.25) is 4.79 Å². The van der Waals surface area contributed by atoms with Gasteiger partial charge in [-0.25, -0.2) is 14.8 Å². The second-order valence-corrected chi connectivity index (χ2v) is 8.63. The lowest BCUT2D eigenvalue weighted by Gasteiger charge is -2.38. The van der Waals surface area contributed by atoms with Crippen molar-refractivity contribution in [3.8, 4) is 0 Å². The van der Waals surface area contributed by atoms with Crippen molar-refractivity contribution in [1.29, 1.82) is 0 Å². The van der Waals surface area contributed by atoms with Gasteiger partial charge in [0.2, 0.25) is 5.91 Å². The van der Waals surface area contributed by atoms with Crippen LogP contribution in [0.15, 0.2) is 30.9 Å². The maximum Gasteiger partial charge on any atom is 0.338 e. The zero-order valence-corrected chi connectivity index (χ0v) is 17.3. The lowest BCUT2D eigenvalue weighted by atomic mass is 9.77. The van der Waals surface area contributed by atoms with E-state index in [1.807, 2.05) is 11.0 Å². The summed E-state index contributed by atoms with van der Waals surface area (Å²) in [5.74, 6) is 0.0226. The first-order valence-corrected chi connectivity index (χ1v) is 10.7. The summed E-state index contributed by atoms with van der Waals surface area (Å²) in [6.07, 6.45) is 8.59. The van der Waals surface area contributed by atoms with Crippen LogP contribution >= 0.6 is 0 Å². The number of anilines is 1. The van der Waals surface area contributed by atoms with Gasteiger partial charge in [-0.15, -0.1) is 0 Å². The molecule has 0 unspecified atom stereocenters. The predicted octanol–water partition coefficient (Wildman–Crippen LogP) is 2.52. The van der Waals surface area contributed by atoms with E-state index >= 15 is 0 Å². The van der Waals surface area contributed by atoms with E-state index in [0.29, 0.717) is 12.2 Å². The molecule has 1 amide bonds. The SMILES string of the molecule is Cc1c(CCN2CCC3(CC2)CCN(c2cncnc2)C3=O)ccc2c1COC2=O. The number of benzene rings is 1. The van der Waals surface area contributed by atoms with Crippen molar-refractivity contribution in [2.75, 3.05) is 31.1 Å². The molecule has 7 heteroatoms. The van der Waals surface area contributed by atoms with E-state index in [-0.39, 0.29) is 17.3 Å². The third-order valence-electron chi connectivity index (χ3n) is 7.16. The Morgan fingerprint density at radius 1 is 1.07 bits per heavy atom. The standard InChI is InChI=1S/C23H26N4O3/c1-16-17(2-3-19-20(16)14-30-21(19)28)4-8-26-9-5-23(6-10-26)7-11-27(22(23)29)18-12-24-15-25-13-18/h2-3,12-13,15H,4-11,14H2,1H3. The number of nitrogens with zero attached hydrogens (tertiary/aromatic N) is 4. The number of carbonyl (C=O) groups is 2. The number of amides is 1. The van der Waals surface area contributed by atoms with Gasteiger partial charge in [-0.2, -0.15) is 0 Å². The van der Waals surface area contributed by atoms with Gasteiger partial charge >= 0.3 is 5.97 Å². The molecular formula is C23H26N4O3. The monoisotopic (exact) mass is 406 g/mol. The molecule has 3 aliphatic heterocycles. The molecule has 2 aromatic rings. The second kappa shape index (κ2) is 7.47. The third kappa shape index (κ3) is 3.17. The van der Waals surface area contributed by atoms with E-state index in [1.165, 1.54) is 17.5 Å². The van der Waals surface area contributed by atoms with Crippen LogP contribution in [0.1, 0.15) is 46.3 Å². The van der Waals surface area contributed by atoms with Crippen LogP contribution < -0.4 is 4.90 Å². The minimum absolute atomic E-state index is 0.210. The molecule has 30 heavy (non-hydrogen) atoms. The topological polar surface area (TPSA) is 75.6 Å². The molecular weight excluding hydrogens is 380 g/mol. The predicted molar refractivity (Wildman–Crippen MR) is 111 cm³/mol. The average molecular weight is 406 g/mol. The molecule has 0 saturated carbocycles. The number of hydrogen-bond acceptors (Lipinski definition) is 6. The van der Waals surface area contributed by atoms with E-state index in [4.69, 9.17) is 4.74 Å². The van der Waals surface area contributed by atoms with Crippen LogP contribution in [0.4, 0.5) is 5.69 Å². The number of hydrogen-bond donors (Lipinski definition) is 0. The molecule has 0 aliphatic carbocycles. The molecule has 7 nitrogen and oxygen atoms in total. The Labute approximate surface area is 176 Å².